The molecule has 2 aliphatic rings. The Balaban J connectivity index is 1.60. The van der Waals surface area contributed by atoms with Crippen molar-refractivity contribution in [3.8, 4) is 0 Å². The number of nitrogens with one attached hydrogen (secondary N) is 4. The predicted molar refractivity (Wildman–Crippen MR) is 149 cm³/mol. The second-order valence-electron chi connectivity index (χ2n) is 9.80. The summed E-state index contributed by atoms with van der Waals surface area (Å²) in [6, 6.07) is 7.75. The Kier molecular flexibility index (Phi) is 8.65. The van der Waals surface area contributed by atoms with Crippen LogP contribution in [0.15, 0.2) is 65.8 Å². The van der Waals surface area contributed by atoms with Crippen LogP contribution in [0.2, 0.25) is 0 Å². The van der Waals surface area contributed by atoms with Gasteiger partial charge in [-0.05, 0) is 87.3 Å². The normalized spacial score (nSPS) is 16.3. The first-order valence-electron chi connectivity index (χ1n) is 12.8. The van der Waals surface area contributed by atoms with Gasteiger partial charge in [0.1, 0.15) is 6.72 Å². The SMILES string of the molecule is C=[NH+]/C=C(\C=C(/C)OC)C1=CN(c2cc(C(=O)Nc3cc(CN4CCC4)c(C)c(C(F)(F)F)c3)ccc2C)NN1. The number of nitrogens with zero attached hydrogens (tertiary/aromatic N) is 2. The third kappa shape index (κ3) is 6.54. The van der Waals surface area contributed by atoms with Crippen molar-refractivity contribution in [2.75, 3.05) is 30.5 Å². The molecule has 2 aromatic rings. The third-order valence-corrected chi connectivity index (χ3v) is 6.97. The standard InChI is InChI=1S/C29H33F3N6O2/c1-18-7-8-21(13-27(18)38-17-26(35-36-38)22(15-33-4)11-19(2)40-5)28(39)34-24-12-23(16-37-9-6-10-37)20(3)25(14-24)29(30,31)32/h7-8,11-15,17,35-36H,4,6,9-10,16H2,1-3,5H3,(H,34,39)/p+1/b19-11+,22-15+. The smallest absolute Gasteiger partial charge is 0.416 e. The molecular formula is C29H34F3N6O2+. The quantitative estimate of drug-likeness (QED) is 0.215. The fraction of sp³-hybridized carbons (Fsp3) is 0.310. The first-order chi connectivity index (χ1) is 19.0. The number of carbonyl (C=O) groups is 1. The molecule has 0 atom stereocenters. The molecule has 4 rings (SSSR count). The molecule has 1 amide bonds. The molecule has 0 unspecified atom stereocenters. The van der Waals surface area contributed by atoms with E-state index in [1.165, 1.54) is 6.92 Å². The third-order valence-electron chi connectivity index (χ3n) is 6.97. The number of carbonyl (C=O) groups excluding carboxylic acids is 1. The van der Waals surface area contributed by atoms with Crippen molar-refractivity contribution < 1.29 is 27.7 Å². The van der Waals surface area contributed by atoms with E-state index in [4.69, 9.17) is 4.74 Å². The Labute approximate surface area is 231 Å². The molecule has 0 radical (unpaired) electrons. The minimum absolute atomic E-state index is 0.111. The summed E-state index contributed by atoms with van der Waals surface area (Å²) in [5, 5.41) is 4.40. The van der Waals surface area contributed by atoms with Crippen LogP contribution < -0.4 is 26.3 Å². The Morgan fingerprint density at radius 3 is 2.60 bits per heavy atom. The van der Waals surface area contributed by atoms with Gasteiger partial charge < -0.3 is 15.5 Å². The number of alkyl halides is 3. The Bertz CT molecular complexity index is 1390. The first-order valence-corrected chi connectivity index (χ1v) is 12.8. The summed E-state index contributed by atoms with van der Waals surface area (Å²) in [5.74, 6) is 0.181. The van der Waals surface area contributed by atoms with E-state index < -0.39 is 17.6 Å². The zero-order chi connectivity index (χ0) is 29.0. The monoisotopic (exact) mass is 555 g/mol. The van der Waals surface area contributed by atoms with Gasteiger partial charge in [0.25, 0.3) is 5.91 Å². The zero-order valence-electron chi connectivity index (χ0n) is 23.0. The summed E-state index contributed by atoms with van der Waals surface area (Å²) in [4.78, 5) is 18.1. The number of methoxy groups -OCH3 is 1. The number of amides is 1. The molecule has 11 heteroatoms. The lowest BCUT2D eigenvalue weighted by atomic mass is 9.99. The average Bonchev–Trinajstić information content (AvgIpc) is 3.36. The Hall–Kier alpha value is -4.09. The van der Waals surface area contributed by atoms with Gasteiger partial charge >= 0.3 is 6.18 Å². The molecule has 0 saturated carbocycles. The molecule has 1 saturated heterocycles. The molecule has 0 aromatic heterocycles. The van der Waals surface area contributed by atoms with Crippen LogP contribution in [0.3, 0.4) is 0 Å². The minimum Gasteiger partial charge on any atom is -0.501 e. The van der Waals surface area contributed by atoms with E-state index in [0.29, 0.717) is 29.1 Å². The number of benzene rings is 2. The van der Waals surface area contributed by atoms with Crippen molar-refractivity contribution >= 4 is 24.0 Å². The number of allylic oxidation sites excluding steroid dienone is 2. The molecule has 212 valence electrons. The van der Waals surface area contributed by atoms with Crippen LogP contribution in [0.4, 0.5) is 24.5 Å². The van der Waals surface area contributed by atoms with Crippen LogP contribution in [-0.2, 0) is 17.5 Å². The molecule has 8 nitrogen and oxygen atoms in total. The molecule has 0 aliphatic carbocycles. The van der Waals surface area contributed by atoms with Gasteiger partial charge in [-0.15, -0.1) is 5.53 Å². The van der Waals surface area contributed by atoms with E-state index in [1.807, 2.05) is 26.1 Å². The van der Waals surface area contributed by atoms with Crippen LogP contribution in [0.1, 0.15) is 46.0 Å². The number of hydrogen-bond donors (Lipinski definition) is 4. The first kappa shape index (κ1) is 28.9. The van der Waals surface area contributed by atoms with Gasteiger partial charge in [-0.1, -0.05) is 6.07 Å². The lowest BCUT2D eigenvalue weighted by Crippen LogP contribution is -2.58. The summed E-state index contributed by atoms with van der Waals surface area (Å²) in [6.45, 7) is 11.0. The van der Waals surface area contributed by atoms with Gasteiger partial charge in [-0.25, -0.2) is 4.99 Å². The van der Waals surface area contributed by atoms with E-state index in [2.05, 4.69) is 32.9 Å². The minimum atomic E-state index is -4.53. The lowest BCUT2D eigenvalue weighted by molar-refractivity contribution is -0.362. The van der Waals surface area contributed by atoms with Crippen molar-refractivity contribution in [2.24, 2.45) is 0 Å². The number of hydrogen-bond acceptors (Lipinski definition) is 6. The maximum Gasteiger partial charge on any atom is 0.416 e. The van der Waals surface area contributed by atoms with Gasteiger partial charge in [-0.2, -0.15) is 13.2 Å². The van der Waals surface area contributed by atoms with E-state index in [1.54, 1.807) is 42.6 Å². The molecule has 0 bridgehead atoms. The molecular weight excluding hydrogens is 521 g/mol. The molecule has 2 aromatic carbocycles. The van der Waals surface area contributed by atoms with Gasteiger partial charge in [-0.3, -0.25) is 14.7 Å². The van der Waals surface area contributed by atoms with E-state index in [-0.39, 0.29) is 11.3 Å². The maximum atomic E-state index is 13.8. The van der Waals surface area contributed by atoms with Gasteiger partial charge in [0.15, 0.2) is 6.20 Å². The van der Waals surface area contributed by atoms with E-state index in [9.17, 15) is 18.0 Å². The number of rotatable bonds is 9. The summed E-state index contributed by atoms with van der Waals surface area (Å²) >= 11 is 0. The zero-order valence-corrected chi connectivity index (χ0v) is 23.0. The number of aryl methyl sites for hydroxylation is 1. The summed E-state index contributed by atoms with van der Waals surface area (Å²) in [5.41, 5.74) is 9.58. The van der Waals surface area contributed by atoms with Crippen molar-refractivity contribution in [1.82, 2.24) is 15.9 Å². The number of halogens is 3. The largest absolute Gasteiger partial charge is 0.501 e. The van der Waals surface area contributed by atoms with Crippen molar-refractivity contribution in [3.63, 3.8) is 0 Å². The Morgan fingerprint density at radius 1 is 1.23 bits per heavy atom. The van der Waals surface area contributed by atoms with Crippen LogP contribution in [0.25, 0.3) is 0 Å². The highest BCUT2D eigenvalue weighted by Crippen LogP contribution is 2.36. The number of hydrazine groups is 2. The molecule has 1 fully saturated rings. The van der Waals surface area contributed by atoms with Gasteiger partial charge in [0.05, 0.1) is 35.4 Å². The fourth-order valence-electron chi connectivity index (χ4n) is 4.47. The van der Waals surface area contributed by atoms with Crippen molar-refractivity contribution in [1.29, 1.82) is 0 Å². The molecule has 4 N–H and O–H groups in total. The maximum absolute atomic E-state index is 13.8. The van der Waals surface area contributed by atoms with Gasteiger partial charge in [0, 0.05) is 24.0 Å². The number of anilines is 2. The van der Waals surface area contributed by atoms with Crippen LogP contribution in [0.5, 0.6) is 0 Å². The highest BCUT2D eigenvalue weighted by Gasteiger charge is 2.34. The predicted octanol–water partition coefficient (Wildman–Crippen LogP) is 3.67. The number of ether oxygens (including phenoxy) is 1. The highest BCUT2D eigenvalue weighted by molar-refractivity contribution is 6.05. The topological polar surface area (TPSA) is 82.8 Å². The van der Waals surface area contributed by atoms with Gasteiger partial charge in [0.2, 0.25) is 0 Å². The molecule has 2 aliphatic heterocycles. The average molecular weight is 556 g/mol. The summed E-state index contributed by atoms with van der Waals surface area (Å²) in [6.07, 6.45) is 1.84. The van der Waals surface area contributed by atoms with E-state index >= 15 is 0 Å². The van der Waals surface area contributed by atoms with E-state index in [0.717, 1.165) is 42.4 Å². The molecule has 40 heavy (non-hydrogen) atoms. The summed E-state index contributed by atoms with van der Waals surface area (Å²) in [7, 11) is 1.58. The molecule has 2 heterocycles. The van der Waals surface area contributed by atoms with Crippen LogP contribution in [-0.4, -0.2) is 37.7 Å². The second kappa shape index (κ2) is 12.0. The van der Waals surface area contributed by atoms with Crippen LogP contribution in [0, 0.1) is 13.8 Å². The molecule has 0 spiro atoms. The highest BCUT2D eigenvalue weighted by atomic mass is 19.4. The fourth-order valence-corrected chi connectivity index (χ4v) is 4.47. The van der Waals surface area contributed by atoms with Crippen LogP contribution >= 0.6 is 0 Å². The summed E-state index contributed by atoms with van der Waals surface area (Å²) < 4.78 is 46.7. The van der Waals surface area contributed by atoms with Crippen molar-refractivity contribution in [2.45, 2.75) is 39.9 Å². The second-order valence-corrected chi connectivity index (χ2v) is 9.80. The Morgan fingerprint density at radius 2 is 1.98 bits per heavy atom. The lowest BCUT2D eigenvalue weighted by Gasteiger charge is -2.31. The number of likely N-dealkylation sites (tertiary alicyclic amines) is 1. The van der Waals surface area contributed by atoms with Crippen molar-refractivity contribution in [3.05, 3.63) is 93.7 Å².